The second-order valence-electron chi connectivity index (χ2n) is 6.57. The van der Waals surface area contributed by atoms with Gasteiger partial charge in [0.1, 0.15) is 6.10 Å². The summed E-state index contributed by atoms with van der Waals surface area (Å²) in [6.45, 7) is 0.520. The van der Waals surface area contributed by atoms with Crippen molar-refractivity contribution in [3.63, 3.8) is 0 Å². The molecular weight excluding hydrogens is 297 g/mol. The molecule has 128 valence electrons. The van der Waals surface area contributed by atoms with Crippen molar-refractivity contribution in [3.05, 3.63) is 0 Å². The monoisotopic (exact) mass is 322 g/mol. The Morgan fingerprint density at radius 1 is 1.23 bits per heavy atom. The number of carbonyl (C=O) groups excluding carboxylic acids is 1. The van der Waals surface area contributed by atoms with Crippen LogP contribution in [0.5, 0.6) is 0 Å². The lowest BCUT2D eigenvalue weighted by molar-refractivity contribution is -0.183. The fourth-order valence-electron chi connectivity index (χ4n) is 3.30. The zero-order valence-electron chi connectivity index (χ0n) is 13.2. The molecule has 1 N–H and O–H groups in total. The van der Waals surface area contributed by atoms with E-state index in [1.54, 1.807) is 14.1 Å². The van der Waals surface area contributed by atoms with Crippen molar-refractivity contribution in [1.82, 2.24) is 10.2 Å². The average molecular weight is 322 g/mol. The third kappa shape index (κ3) is 4.59. The molecule has 1 saturated heterocycles. The number of amides is 1. The summed E-state index contributed by atoms with van der Waals surface area (Å²) < 4.78 is 44.0. The van der Waals surface area contributed by atoms with Gasteiger partial charge >= 0.3 is 6.18 Å². The van der Waals surface area contributed by atoms with Gasteiger partial charge in [0.2, 0.25) is 0 Å². The lowest BCUT2D eigenvalue weighted by Gasteiger charge is -2.31. The van der Waals surface area contributed by atoms with Crippen LogP contribution >= 0.6 is 0 Å². The van der Waals surface area contributed by atoms with Gasteiger partial charge in [-0.05, 0) is 32.1 Å². The number of carbonyl (C=O) groups is 1. The number of hydrogen-bond donors (Lipinski definition) is 1. The van der Waals surface area contributed by atoms with Crippen molar-refractivity contribution < 1.29 is 22.7 Å². The standard InChI is InChI=1S/C15H25F3N2O2/c1-20(2)14(21)13-7-6-12(22-13)9-19-11-5-3-4-10(8-11)15(16,17)18/h10-13,19H,3-9H2,1-2H3/t10-,11+,12+,13-/m0/s1. The van der Waals surface area contributed by atoms with Crippen molar-refractivity contribution >= 4 is 5.91 Å². The van der Waals surface area contributed by atoms with Gasteiger partial charge in [-0.3, -0.25) is 4.79 Å². The molecule has 1 heterocycles. The van der Waals surface area contributed by atoms with E-state index in [4.69, 9.17) is 4.74 Å². The molecule has 0 radical (unpaired) electrons. The highest BCUT2D eigenvalue weighted by Crippen LogP contribution is 2.37. The molecule has 4 nitrogen and oxygen atoms in total. The van der Waals surface area contributed by atoms with E-state index in [2.05, 4.69) is 5.32 Å². The Bertz CT molecular complexity index is 387. The maximum atomic E-state index is 12.8. The summed E-state index contributed by atoms with van der Waals surface area (Å²) in [5.74, 6) is -1.23. The Balaban J connectivity index is 1.74. The largest absolute Gasteiger partial charge is 0.391 e. The molecule has 2 aliphatic rings. The van der Waals surface area contributed by atoms with E-state index in [1.165, 1.54) is 4.90 Å². The predicted octanol–water partition coefficient (Wildman–Crippen LogP) is 2.33. The van der Waals surface area contributed by atoms with Crippen LogP contribution in [0.25, 0.3) is 0 Å². The van der Waals surface area contributed by atoms with Crippen LogP contribution in [0, 0.1) is 5.92 Å². The molecule has 0 aromatic rings. The van der Waals surface area contributed by atoms with Crippen molar-refractivity contribution in [2.24, 2.45) is 5.92 Å². The molecule has 0 aromatic carbocycles. The molecule has 2 rings (SSSR count). The van der Waals surface area contributed by atoms with Crippen molar-refractivity contribution in [2.45, 2.75) is 63.0 Å². The molecule has 1 saturated carbocycles. The van der Waals surface area contributed by atoms with E-state index in [0.29, 0.717) is 19.4 Å². The maximum absolute atomic E-state index is 12.8. The van der Waals surface area contributed by atoms with Gasteiger partial charge in [0.05, 0.1) is 12.0 Å². The van der Waals surface area contributed by atoms with Gasteiger partial charge in [0, 0.05) is 26.7 Å². The molecule has 0 unspecified atom stereocenters. The number of rotatable bonds is 4. The van der Waals surface area contributed by atoms with Crippen LogP contribution in [0.4, 0.5) is 13.2 Å². The second-order valence-corrected chi connectivity index (χ2v) is 6.57. The summed E-state index contributed by atoms with van der Waals surface area (Å²) >= 11 is 0. The average Bonchev–Trinajstić information content (AvgIpc) is 2.92. The van der Waals surface area contributed by atoms with Crippen LogP contribution in [0.3, 0.4) is 0 Å². The molecule has 0 aromatic heterocycles. The molecule has 4 atom stereocenters. The normalized spacial score (nSPS) is 33.0. The minimum atomic E-state index is -4.09. The van der Waals surface area contributed by atoms with Crippen LogP contribution in [-0.2, 0) is 9.53 Å². The van der Waals surface area contributed by atoms with E-state index in [9.17, 15) is 18.0 Å². The third-order valence-corrected chi connectivity index (χ3v) is 4.60. The van der Waals surface area contributed by atoms with E-state index in [1.807, 2.05) is 0 Å². The highest BCUT2D eigenvalue weighted by Gasteiger charge is 2.42. The highest BCUT2D eigenvalue weighted by atomic mass is 19.4. The first kappa shape index (κ1) is 17.5. The molecule has 1 amide bonds. The fraction of sp³-hybridized carbons (Fsp3) is 0.933. The minimum absolute atomic E-state index is 0.0442. The summed E-state index contributed by atoms with van der Waals surface area (Å²) in [7, 11) is 3.38. The van der Waals surface area contributed by atoms with Gasteiger partial charge in [-0.2, -0.15) is 13.2 Å². The van der Waals surface area contributed by atoms with Crippen molar-refractivity contribution in [2.75, 3.05) is 20.6 Å². The highest BCUT2D eigenvalue weighted by molar-refractivity contribution is 5.80. The zero-order valence-corrected chi connectivity index (χ0v) is 13.2. The number of ether oxygens (including phenoxy) is 1. The summed E-state index contributed by atoms with van der Waals surface area (Å²) in [6.07, 6.45) is -1.36. The Kier molecular flexibility index (Phi) is 5.71. The second kappa shape index (κ2) is 7.17. The van der Waals surface area contributed by atoms with E-state index in [-0.39, 0.29) is 30.9 Å². The van der Waals surface area contributed by atoms with Gasteiger partial charge in [-0.15, -0.1) is 0 Å². The molecule has 7 heteroatoms. The number of halogens is 3. The van der Waals surface area contributed by atoms with Gasteiger partial charge in [0.25, 0.3) is 5.91 Å². The fourth-order valence-corrected chi connectivity index (χ4v) is 3.30. The Hall–Kier alpha value is -0.820. The summed E-state index contributed by atoms with van der Waals surface area (Å²) in [5, 5.41) is 3.20. The quantitative estimate of drug-likeness (QED) is 0.864. The predicted molar refractivity (Wildman–Crippen MR) is 76.4 cm³/mol. The number of nitrogens with one attached hydrogen (secondary N) is 1. The number of nitrogens with zero attached hydrogens (tertiary/aromatic N) is 1. The Morgan fingerprint density at radius 2 is 1.95 bits per heavy atom. The van der Waals surface area contributed by atoms with Crippen LogP contribution < -0.4 is 5.32 Å². The van der Waals surface area contributed by atoms with Crippen LogP contribution in [0.2, 0.25) is 0 Å². The summed E-state index contributed by atoms with van der Waals surface area (Å²) in [6, 6.07) is -0.104. The number of likely N-dealkylation sites (N-methyl/N-ethyl adjacent to an activating group) is 1. The molecule has 22 heavy (non-hydrogen) atoms. The zero-order chi connectivity index (χ0) is 16.3. The lowest BCUT2D eigenvalue weighted by Crippen LogP contribution is -2.42. The first-order chi connectivity index (χ1) is 10.3. The maximum Gasteiger partial charge on any atom is 0.391 e. The molecule has 1 aliphatic heterocycles. The van der Waals surface area contributed by atoms with E-state index >= 15 is 0 Å². The smallest absolute Gasteiger partial charge is 0.364 e. The van der Waals surface area contributed by atoms with Crippen LogP contribution in [0.1, 0.15) is 38.5 Å². The molecule has 0 spiro atoms. The molecule has 2 fully saturated rings. The van der Waals surface area contributed by atoms with Crippen molar-refractivity contribution in [1.29, 1.82) is 0 Å². The number of hydrogen-bond acceptors (Lipinski definition) is 3. The first-order valence-electron chi connectivity index (χ1n) is 7.94. The third-order valence-electron chi connectivity index (χ3n) is 4.60. The van der Waals surface area contributed by atoms with Gasteiger partial charge in [0.15, 0.2) is 0 Å². The molecule has 1 aliphatic carbocycles. The SMILES string of the molecule is CN(C)C(=O)[C@@H]1CC[C@H](CN[C@@H]2CCC[C@H](C(F)(F)F)C2)O1. The first-order valence-corrected chi connectivity index (χ1v) is 7.94. The van der Waals surface area contributed by atoms with Gasteiger partial charge in [-0.25, -0.2) is 0 Å². The minimum Gasteiger partial charge on any atom is -0.364 e. The topological polar surface area (TPSA) is 41.6 Å². The van der Waals surface area contributed by atoms with Crippen LogP contribution in [0.15, 0.2) is 0 Å². The Morgan fingerprint density at radius 3 is 2.59 bits per heavy atom. The van der Waals surface area contributed by atoms with Crippen LogP contribution in [-0.4, -0.2) is 55.9 Å². The van der Waals surface area contributed by atoms with Gasteiger partial charge in [-0.1, -0.05) is 6.42 Å². The van der Waals surface area contributed by atoms with Gasteiger partial charge < -0.3 is 15.0 Å². The van der Waals surface area contributed by atoms with E-state index < -0.39 is 18.2 Å². The lowest BCUT2D eigenvalue weighted by atomic mass is 9.85. The molecule has 0 bridgehead atoms. The summed E-state index contributed by atoms with van der Waals surface area (Å²) in [4.78, 5) is 13.3. The molecular formula is C15H25F3N2O2. The summed E-state index contributed by atoms with van der Waals surface area (Å²) in [5.41, 5.74) is 0. The Labute approximate surface area is 129 Å². The van der Waals surface area contributed by atoms with Crippen molar-refractivity contribution in [3.8, 4) is 0 Å². The van der Waals surface area contributed by atoms with E-state index in [0.717, 1.165) is 12.8 Å². The number of alkyl halides is 3.